The Balaban J connectivity index is 2.18. The molecule has 1 amide bonds. The summed E-state index contributed by atoms with van der Waals surface area (Å²) in [6.07, 6.45) is 0. The van der Waals surface area contributed by atoms with Gasteiger partial charge in [-0.2, -0.15) is 0 Å². The molecule has 110 valence electrons. The van der Waals surface area contributed by atoms with E-state index in [1.54, 1.807) is 24.3 Å². The summed E-state index contributed by atoms with van der Waals surface area (Å²) < 4.78 is 39.4. The number of nitrogens with one attached hydrogen (secondary N) is 1. The number of aryl methyl sites for hydroxylation is 1. The lowest BCUT2D eigenvalue weighted by Crippen LogP contribution is -2.28. The normalized spacial score (nSPS) is 12.0. The molecule has 3 nitrogen and oxygen atoms in total. The average Bonchev–Trinajstić information content (AvgIpc) is 2.48. The Kier molecular flexibility index (Phi) is 4.28. The molecule has 0 aromatic heterocycles. The van der Waals surface area contributed by atoms with Crippen LogP contribution in [-0.2, 0) is 4.79 Å². The van der Waals surface area contributed by atoms with E-state index in [1.807, 2.05) is 6.92 Å². The zero-order valence-corrected chi connectivity index (χ0v) is 11.2. The lowest BCUT2D eigenvalue weighted by atomic mass is 10.1. The number of amides is 1. The maximum atomic E-state index is 13.5. The van der Waals surface area contributed by atoms with E-state index in [0.717, 1.165) is 17.7 Å². The number of anilines is 1. The van der Waals surface area contributed by atoms with Gasteiger partial charge in [0, 0.05) is 0 Å². The molecule has 1 unspecified atom stereocenters. The molecule has 1 atom stereocenters. The number of hydrogen-bond donors (Lipinski definition) is 2. The summed E-state index contributed by atoms with van der Waals surface area (Å²) in [6.45, 7) is 1.88. The number of hydrogen-bond acceptors (Lipinski definition) is 2. The number of rotatable bonds is 3. The molecule has 0 aliphatic carbocycles. The van der Waals surface area contributed by atoms with Crippen molar-refractivity contribution in [2.75, 3.05) is 5.32 Å². The van der Waals surface area contributed by atoms with E-state index in [0.29, 0.717) is 5.56 Å². The van der Waals surface area contributed by atoms with Gasteiger partial charge >= 0.3 is 0 Å². The summed E-state index contributed by atoms with van der Waals surface area (Å²) >= 11 is 0. The zero-order chi connectivity index (χ0) is 15.6. The first-order chi connectivity index (χ1) is 9.90. The maximum Gasteiger partial charge on any atom is 0.245 e. The van der Waals surface area contributed by atoms with Gasteiger partial charge < -0.3 is 11.1 Å². The zero-order valence-electron chi connectivity index (χ0n) is 11.2. The van der Waals surface area contributed by atoms with Gasteiger partial charge in [0.1, 0.15) is 6.04 Å². The minimum Gasteiger partial charge on any atom is -0.322 e. The Morgan fingerprint density at radius 3 is 2.29 bits per heavy atom. The average molecular weight is 294 g/mol. The van der Waals surface area contributed by atoms with E-state index in [1.165, 1.54) is 0 Å². The Morgan fingerprint density at radius 1 is 1.05 bits per heavy atom. The predicted octanol–water partition coefficient (Wildman–Crippen LogP) is 3.05. The minimum absolute atomic E-state index is 0.457. The summed E-state index contributed by atoms with van der Waals surface area (Å²) in [7, 11) is 0. The van der Waals surface area contributed by atoms with E-state index >= 15 is 0 Å². The van der Waals surface area contributed by atoms with Crippen molar-refractivity contribution in [2.24, 2.45) is 5.73 Å². The van der Waals surface area contributed by atoms with Crippen LogP contribution in [0.25, 0.3) is 0 Å². The van der Waals surface area contributed by atoms with Crippen LogP contribution in [0.15, 0.2) is 36.4 Å². The highest BCUT2D eigenvalue weighted by molar-refractivity contribution is 5.95. The fourth-order valence-corrected chi connectivity index (χ4v) is 1.76. The van der Waals surface area contributed by atoms with Crippen molar-refractivity contribution < 1.29 is 18.0 Å². The molecular formula is C15H13F3N2O. The monoisotopic (exact) mass is 294 g/mol. The summed E-state index contributed by atoms with van der Waals surface area (Å²) in [6, 6.07) is 7.51. The number of carbonyl (C=O) groups is 1. The van der Waals surface area contributed by atoms with Gasteiger partial charge in [0.15, 0.2) is 17.5 Å². The lowest BCUT2D eigenvalue weighted by Gasteiger charge is -2.13. The van der Waals surface area contributed by atoms with Crippen LogP contribution in [-0.4, -0.2) is 5.91 Å². The topological polar surface area (TPSA) is 55.1 Å². The van der Waals surface area contributed by atoms with E-state index in [4.69, 9.17) is 5.73 Å². The third-order valence-electron chi connectivity index (χ3n) is 3.01. The molecule has 2 aromatic rings. The molecule has 0 spiro atoms. The van der Waals surface area contributed by atoms with Crippen molar-refractivity contribution in [3.63, 3.8) is 0 Å². The molecule has 2 rings (SSSR count). The second-order valence-electron chi connectivity index (χ2n) is 4.60. The molecule has 21 heavy (non-hydrogen) atoms. The number of benzene rings is 2. The number of halogens is 3. The van der Waals surface area contributed by atoms with Crippen molar-refractivity contribution in [2.45, 2.75) is 13.0 Å². The fraction of sp³-hybridized carbons (Fsp3) is 0.133. The maximum absolute atomic E-state index is 13.5. The molecule has 6 heteroatoms. The lowest BCUT2D eigenvalue weighted by molar-refractivity contribution is -0.117. The predicted molar refractivity (Wildman–Crippen MR) is 73.1 cm³/mol. The molecule has 0 aliphatic heterocycles. The van der Waals surface area contributed by atoms with E-state index in [9.17, 15) is 18.0 Å². The summed E-state index contributed by atoms with van der Waals surface area (Å²) in [5.74, 6) is -5.15. The highest BCUT2D eigenvalue weighted by Gasteiger charge is 2.19. The van der Waals surface area contributed by atoms with Crippen LogP contribution in [0.1, 0.15) is 17.2 Å². The van der Waals surface area contributed by atoms with Crippen LogP contribution in [0.2, 0.25) is 0 Å². The molecule has 0 heterocycles. The van der Waals surface area contributed by atoms with Crippen molar-refractivity contribution >= 4 is 11.6 Å². The van der Waals surface area contributed by atoms with Crippen molar-refractivity contribution in [1.82, 2.24) is 0 Å². The Hall–Kier alpha value is -2.34. The molecule has 0 radical (unpaired) electrons. The van der Waals surface area contributed by atoms with Crippen molar-refractivity contribution in [3.8, 4) is 0 Å². The van der Waals surface area contributed by atoms with E-state index in [-0.39, 0.29) is 0 Å². The van der Waals surface area contributed by atoms with Crippen LogP contribution in [0, 0.1) is 24.4 Å². The van der Waals surface area contributed by atoms with Crippen molar-refractivity contribution in [1.29, 1.82) is 0 Å². The highest BCUT2D eigenvalue weighted by Crippen LogP contribution is 2.21. The molecule has 3 N–H and O–H groups in total. The second-order valence-corrected chi connectivity index (χ2v) is 4.60. The Labute approximate surface area is 119 Å². The molecule has 0 fully saturated rings. The van der Waals surface area contributed by atoms with Gasteiger partial charge in [-0.05, 0) is 24.6 Å². The quantitative estimate of drug-likeness (QED) is 0.855. The first kappa shape index (κ1) is 15.1. The molecule has 0 saturated carbocycles. The minimum atomic E-state index is -1.64. The van der Waals surface area contributed by atoms with Crippen LogP contribution in [0.3, 0.4) is 0 Å². The smallest absolute Gasteiger partial charge is 0.245 e. The molecule has 0 bridgehead atoms. The van der Waals surface area contributed by atoms with Gasteiger partial charge in [0.2, 0.25) is 5.91 Å². The van der Waals surface area contributed by atoms with Crippen molar-refractivity contribution in [3.05, 3.63) is 65.0 Å². The Morgan fingerprint density at radius 2 is 1.67 bits per heavy atom. The SMILES string of the molecule is Cc1ccc(C(N)C(=O)Nc2ccc(F)c(F)c2F)cc1. The second kappa shape index (κ2) is 5.97. The summed E-state index contributed by atoms with van der Waals surface area (Å²) in [4.78, 5) is 11.9. The fourth-order valence-electron chi connectivity index (χ4n) is 1.76. The van der Waals surface area contributed by atoms with Gasteiger partial charge in [-0.1, -0.05) is 29.8 Å². The Bertz CT molecular complexity index is 671. The molecule has 2 aromatic carbocycles. The number of carbonyl (C=O) groups excluding carboxylic acids is 1. The van der Waals surface area contributed by atoms with Crippen LogP contribution < -0.4 is 11.1 Å². The standard InChI is InChI=1S/C15H13F3N2O/c1-8-2-4-9(5-3-8)14(19)15(21)20-11-7-6-10(16)12(17)13(11)18/h2-7,14H,19H2,1H3,(H,20,21). The molecule has 0 saturated heterocycles. The molecule has 0 aliphatic rings. The van der Waals surface area contributed by atoms with Crippen LogP contribution >= 0.6 is 0 Å². The summed E-state index contributed by atoms with van der Waals surface area (Å²) in [5, 5.41) is 2.15. The van der Waals surface area contributed by atoms with Gasteiger partial charge in [-0.3, -0.25) is 4.79 Å². The largest absolute Gasteiger partial charge is 0.322 e. The first-order valence-electron chi connectivity index (χ1n) is 6.16. The molecular weight excluding hydrogens is 281 g/mol. The number of nitrogens with two attached hydrogens (primary N) is 1. The van der Waals surface area contributed by atoms with E-state index in [2.05, 4.69) is 5.32 Å². The third-order valence-corrected chi connectivity index (χ3v) is 3.01. The van der Waals surface area contributed by atoms with E-state index < -0.39 is 35.1 Å². The third kappa shape index (κ3) is 3.22. The van der Waals surface area contributed by atoms with Gasteiger partial charge in [-0.25, -0.2) is 13.2 Å². The highest BCUT2D eigenvalue weighted by atomic mass is 19.2. The summed E-state index contributed by atoms with van der Waals surface area (Å²) in [5.41, 5.74) is 6.82. The van der Waals surface area contributed by atoms with Gasteiger partial charge in [0.25, 0.3) is 0 Å². The van der Waals surface area contributed by atoms with Gasteiger partial charge in [-0.15, -0.1) is 0 Å². The van der Waals surface area contributed by atoms with Crippen LogP contribution in [0.5, 0.6) is 0 Å². The first-order valence-corrected chi connectivity index (χ1v) is 6.16. The van der Waals surface area contributed by atoms with Gasteiger partial charge in [0.05, 0.1) is 5.69 Å². The van der Waals surface area contributed by atoms with Crippen LogP contribution in [0.4, 0.5) is 18.9 Å².